The Kier molecular flexibility index (Phi) is 3.24. The lowest BCUT2D eigenvalue weighted by atomic mass is 10.0. The predicted molar refractivity (Wildman–Crippen MR) is 66.6 cm³/mol. The number of benzene rings is 1. The minimum atomic E-state index is 0.274. The molecule has 0 amide bonds. The van der Waals surface area contributed by atoms with Crippen LogP contribution in [0.4, 0.5) is 0 Å². The number of H-pyrrole nitrogens is 1. The summed E-state index contributed by atoms with van der Waals surface area (Å²) >= 11 is 0. The normalized spacial score (nSPS) is 10.4. The highest BCUT2D eigenvalue weighted by molar-refractivity contribution is 5.85. The Morgan fingerprint density at radius 1 is 1.47 bits per heavy atom. The van der Waals surface area contributed by atoms with E-state index in [1.807, 2.05) is 25.3 Å². The fourth-order valence-corrected chi connectivity index (χ4v) is 1.91. The standard InChI is InChI=1S/C14H14N2O/c1-2-12(17)5-4-11-9-16-14-6-3-10(8-15)7-13(11)14/h3,6-7,9,16H,2,4-5H2,1H3. The maximum Gasteiger partial charge on any atom is 0.132 e. The van der Waals surface area contributed by atoms with Crippen molar-refractivity contribution in [3.63, 3.8) is 0 Å². The number of aryl methyl sites for hydroxylation is 1. The SMILES string of the molecule is CCC(=O)CCc1c[nH]c2ccc(C#N)cc12. The van der Waals surface area contributed by atoms with E-state index in [2.05, 4.69) is 11.1 Å². The van der Waals surface area contributed by atoms with Crippen molar-refractivity contribution in [3.05, 3.63) is 35.5 Å². The number of rotatable bonds is 4. The van der Waals surface area contributed by atoms with Crippen LogP contribution < -0.4 is 0 Å². The molecule has 3 nitrogen and oxygen atoms in total. The lowest BCUT2D eigenvalue weighted by Crippen LogP contribution is -1.97. The lowest BCUT2D eigenvalue weighted by molar-refractivity contribution is -0.118. The van der Waals surface area contributed by atoms with Gasteiger partial charge in [0.2, 0.25) is 0 Å². The summed E-state index contributed by atoms with van der Waals surface area (Å²) in [5.74, 6) is 0.274. The molecule has 0 unspecified atom stereocenters. The number of nitrogens with one attached hydrogen (secondary N) is 1. The van der Waals surface area contributed by atoms with Crippen LogP contribution in [0.3, 0.4) is 0 Å². The van der Waals surface area contributed by atoms with Crippen LogP contribution in [0.2, 0.25) is 0 Å². The first-order chi connectivity index (χ1) is 8.24. The Morgan fingerprint density at radius 3 is 3.00 bits per heavy atom. The molecule has 1 heterocycles. The number of ketones is 1. The van der Waals surface area contributed by atoms with E-state index in [1.54, 1.807) is 6.07 Å². The van der Waals surface area contributed by atoms with Crippen LogP contribution in [0.15, 0.2) is 24.4 Å². The topological polar surface area (TPSA) is 56.6 Å². The molecular formula is C14H14N2O. The number of carbonyl (C=O) groups is 1. The zero-order chi connectivity index (χ0) is 12.3. The minimum absolute atomic E-state index is 0.274. The number of nitriles is 1. The second kappa shape index (κ2) is 4.84. The van der Waals surface area contributed by atoms with E-state index < -0.39 is 0 Å². The Hall–Kier alpha value is -2.08. The summed E-state index contributed by atoms with van der Waals surface area (Å²) in [6.45, 7) is 1.88. The summed E-state index contributed by atoms with van der Waals surface area (Å²) in [4.78, 5) is 14.5. The molecule has 2 aromatic rings. The van der Waals surface area contributed by atoms with Gasteiger partial charge in [-0.25, -0.2) is 0 Å². The van der Waals surface area contributed by atoms with E-state index in [0.717, 1.165) is 22.9 Å². The van der Waals surface area contributed by atoms with Gasteiger partial charge in [0, 0.05) is 29.9 Å². The Bertz CT molecular complexity index is 590. The first-order valence-electron chi connectivity index (χ1n) is 5.76. The molecule has 0 radical (unpaired) electrons. The van der Waals surface area contributed by atoms with Crippen LogP contribution in [0.1, 0.15) is 30.9 Å². The molecule has 0 saturated carbocycles. The fourth-order valence-electron chi connectivity index (χ4n) is 1.91. The molecule has 0 aliphatic rings. The number of hydrogen-bond donors (Lipinski definition) is 1. The van der Waals surface area contributed by atoms with Crippen LogP contribution in [0.25, 0.3) is 10.9 Å². The molecule has 17 heavy (non-hydrogen) atoms. The number of aromatic nitrogens is 1. The first kappa shape index (κ1) is 11.4. The van der Waals surface area contributed by atoms with Gasteiger partial charge in [0.25, 0.3) is 0 Å². The van der Waals surface area contributed by atoms with Gasteiger partial charge in [0.15, 0.2) is 0 Å². The second-order valence-corrected chi connectivity index (χ2v) is 4.08. The minimum Gasteiger partial charge on any atom is -0.361 e. The third-order valence-corrected chi connectivity index (χ3v) is 2.96. The van der Waals surface area contributed by atoms with Crippen LogP contribution in [0.5, 0.6) is 0 Å². The number of hydrogen-bond acceptors (Lipinski definition) is 2. The predicted octanol–water partition coefficient (Wildman–Crippen LogP) is 2.95. The van der Waals surface area contributed by atoms with Crippen LogP contribution in [0, 0.1) is 11.3 Å². The summed E-state index contributed by atoms with van der Waals surface area (Å²) in [7, 11) is 0. The summed E-state index contributed by atoms with van der Waals surface area (Å²) in [6, 6.07) is 7.70. The molecule has 0 saturated heterocycles. The number of fused-ring (bicyclic) bond motifs is 1. The van der Waals surface area contributed by atoms with Crippen LogP contribution >= 0.6 is 0 Å². The van der Waals surface area contributed by atoms with E-state index in [-0.39, 0.29) is 5.78 Å². The lowest BCUT2D eigenvalue weighted by Gasteiger charge is -1.98. The van der Waals surface area contributed by atoms with Crippen molar-refractivity contribution in [2.45, 2.75) is 26.2 Å². The van der Waals surface area contributed by atoms with Crippen molar-refractivity contribution in [1.82, 2.24) is 4.98 Å². The van der Waals surface area contributed by atoms with Gasteiger partial charge >= 0.3 is 0 Å². The highest BCUT2D eigenvalue weighted by Gasteiger charge is 2.06. The van der Waals surface area contributed by atoms with E-state index in [1.165, 1.54) is 0 Å². The van der Waals surface area contributed by atoms with Gasteiger partial charge in [0.05, 0.1) is 11.6 Å². The number of aromatic amines is 1. The van der Waals surface area contributed by atoms with E-state index in [4.69, 9.17) is 5.26 Å². The van der Waals surface area contributed by atoms with Crippen molar-refractivity contribution in [2.75, 3.05) is 0 Å². The van der Waals surface area contributed by atoms with Gasteiger partial charge < -0.3 is 4.98 Å². The van der Waals surface area contributed by atoms with E-state index >= 15 is 0 Å². The van der Waals surface area contributed by atoms with Crippen LogP contribution in [-0.2, 0) is 11.2 Å². The molecule has 0 aliphatic carbocycles. The van der Waals surface area contributed by atoms with Gasteiger partial charge in [0.1, 0.15) is 5.78 Å². The van der Waals surface area contributed by atoms with Crippen molar-refractivity contribution in [1.29, 1.82) is 5.26 Å². The van der Waals surface area contributed by atoms with Crippen molar-refractivity contribution in [2.24, 2.45) is 0 Å². The largest absolute Gasteiger partial charge is 0.361 e. The van der Waals surface area contributed by atoms with Gasteiger partial charge in [-0.1, -0.05) is 6.92 Å². The summed E-state index contributed by atoms with van der Waals surface area (Å²) in [5, 5.41) is 9.92. The van der Waals surface area contributed by atoms with Crippen molar-refractivity contribution >= 4 is 16.7 Å². The van der Waals surface area contributed by atoms with E-state index in [0.29, 0.717) is 18.4 Å². The van der Waals surface area contributed by atoms with Crippen molar-refractivity contribution in [3.8, 4) is 6.07 Å². The molecular weight excluding hydrogens is 212 g/mol. The summed E-state index contributed by atoms with van der Waals surface area (Å²) in [5.41, 5.74) is 2.78. The van der Waals surface area contributed by atoms with Gasteiger partial charge in [-0.3, -0.25) is 4.79 Å². The molecule has 1 aromatic carbocycles. The molecule has 0 bridgehead atoms. The second-order valence-electron chi connectivity index (χ2n) is 4.08. The first-order valence-corrected chi connectivity index (χ1v) is 5.76. The highest BCUT2D eigenvalue weighted by Crippen LogP contribution is 2.21. The molecule has 0 aliphatic heterocycles. The average Bonchev–Trinajstić information content (AvgIpc) is 2.78. The number of Topliss-reactive ketones (excluding diaryl/α,β-unsaturated/α-hetero) is 1. The maximum atomic E-state index is 11.3. The third-order valence-electron chi connectivity index (χ3n) is 2.96. The molecule has 0 spiro atoms. The van der Waals surface area contributed by atoms with E-state index in [9.17, 15) is 4.79 Å². The van der Waals surface area contributed by atoms with Crippen LogP contribution in [-0.4, -0.2) is 10.8 Å². The summed E-state index contributed by atoms with van der Waals surface area (Å²) < 4.78 is 0. The van der Waals surface area contributed by atoms with Gasteiger partial charge in [-0.2, -0.15) is 5.26 Å². The zero-order valence-electron chi connectivity index (χ0n) is 9.79. The molecule has 0 fully saturated rings. The number of carbonyl (C=O) groups excluding carboxylic acids is 1. The Morgan fingerprint density at radius 2 is 2.29 bits per heavy atom. The molecule has 1 aromatic heterocycles. The highest BCUT2D eigenvalue weighted by atomic mass is 16.1. The van der Waals surface area contributed by atoms with Gasteiger partial charge in [-0.15, -0.1) is 0 Å². The molecule has 86 valence electrons. The zero-order valence-corrected chi connectivity index (χ0v) is 9.79. The fraction of sp³-hybridized carbons (Fsp3) is 0.286. The Labute approximate surface area is 100 Å². The van der Waals surface area contributed by atoms with Gasteiger partial charge in [-0.05, 0) is 30.2 Å². The quantitative estimate of drug-likeness (QED) is 0.871. The monoisotopic (exact) mass is 226 g/mol. The number of nitrogens with zero attached hydrogens (tertiary/aromatic N) is 1. The maximum absolute atomic E-state index is 11.3. The van der Waals surface area contributed by atoms with Crippen molar-refractivity contribution < 1.29 is 4.79 Å². The molecule has 2 rings (SSSR count). The molecule has 1 N–H and O–H groups in total. The summed E-state index contributed by atoms with van der Waals surface area (Å²) in [6.07, 6.45) is 3.82. The molecule has 3 heteroatoms. The smallest absolute Gasteiger partial charge is 0.132 e. The third kappa shape index (κ3) is 2.36. The Balaban J connectivity index is 2.28. The average molecular weight is 226 g/mol. The molecule has 0 atom stereocenters.